The summed E-state index contributed by atoms with van der Waals surface area (Å²) in [7, 11) is 0. The van der Waals surface area contributed by atoms with Gasteiger partial charge in [0.2, 0.25) is 17.7 Å². The molecule has 5 unspecified atom stereocenters. The van der Waals surface area contributed by atoms with Crippen LogP contribution in [0.4, 0.5) is 5.69 Å². The van der Waals surface area contributed by atoms with Crippen molar-refractivity contribution >= 4 is 50.9 Å². The first-order valence-corrected chi connectivity index (χ1v) is 11.8. The number of anilines is 1. The number of aliphatic hydroxyl groups excluding tert-OH is 1. The number of imide groups is 1. The van der Waals surface area contributed by atoms with Gasteiger partial charge in [0.1, 0.15) is 5.54 Å². The van der Waals surface area contributed by atoms with Crippen molar-refractivity contribution in [3.05, 3.63) is 63.1 Å². The van der Waals surface area contributed by atoms with Crippen LogP contribution in [-0.4, -0.2) is 39.3 Å². The predicted molar refractivity (Wildman–Crippen MR) is 126 cm³/mol. The molecule has 1 spiro atoms. The molecule has 7 nitrogen and oxygen atoms in total. The Hall–Kier alpha value is -2.26. The van der Waals surface area contributed by atoms with Crippen LogP contribution in [0.5, 0.6) is 0 Å². The fraction of sp³-hybridized carbons (Fsp3) is 0.375. The lowest BCUT2D eigenvalue weighted by atomic mass is 9.76. The molecule has 3 aliphatic heterocycles. The summed E-state index contributed by atoms with van der Waals surface area (Å²) >= 11 is 9.46. The Morgan fingerprint density at radius 3 is 2.39 bits per heavy atom. The van der Waals surface area contributed by atoms with Crippen molar-refractivity contribution in [3.63, 3.8) is 0 Å². The molecule has 3 heterocycles. The summed E-state index contributed by atoms with van der Waals surface area (Å²) in [6.45, 7) is 5.36. The highest BCUT2D eigenvalue weighted by Gasteiger charge is 2.72. The molecule has 3 N–H and O–H groups in total. The second kappa shape index (κ2) is 7.37. The fourth-order valence-electron chi connectivity index (χ4n) is 5.50. The molecule has 3 amide bonds. The lowest BCUT2D eigenvalue weighted by Gasteiger charge is -2.35. The van der Waals surface area contributed by atoms with E-state index in [1.54, 1.807) is 63.2 Å². The van der Waals surface area contributed by atoms with Crippen molar-refractivity contribution in [2.45, 2.75) is 44.0 Å². The van der Waals surface area contributed by atoms with E-state index in [1.165, 1.54) is 4.90 Å². The number of carbonyl (C=O) groups excluding carboxylic acids is 3. The molecule has 0 bridgehead atoms. The molecule has 2 saturated heterocycles. The zero-order valence-electron chi connectivity index (χ0n) is 18.2. The van der Waals surface area contributed by atoms with Gasteiger partial charge in [-0.1, -0.05) is 39.7 Å². The van der Waals surface area contributed by atoms with Crippen LogP contribution >= 0.6 is 27.5 Å². The SMILES string of the molecule is CC(C)(C)N1C(=O)C2C(C(O)c3ccc(Cl)cc3)NC3(C(=O)Nc4ccc(Br)cc43)C2C1=O. The predicted octanol–water partition coefficient (Wildman–Crippen LogP) is 3.36. The minimum absolute atomic E-state index is 0.392. The van der Waals surface area contributed by atoms with Crippen LogP contribution in [-0.2, 0) is 19.9 Å². The maximum absolute atomic E-state index is 13.8. The highest BCUT2D eigenvalue weighted by molar-refractivity contribution is 9.10. The van der Waals surface area contributed by atoms with Crippen LogP contribution < -0.4 is 10.6 Å². The number of hydrogen-bond acceptors (Lipinski definition) is 5. The zero-order valence-corrected chi connectivity index (χ0v) is 20.6. The highest BCUT2D eigenvalue weighted by Crippen LogP contribution is 2.55. The maximum atomic E-state index is 13.8. The van der Waals surface area contributed by atoms with E-state index in [9.17, 15) is 19.5 Å². The average Bonchev–Trinajstić information content (AvgIpc) is 3.33. The van der Waals surface area contributed by atoms with Crippen molar-refractivity contribution in [2.75, 3.05) is 5.32 Å². The molecule has 2 aromatic carbocycles. The molecular weight excluding hydrogens is 510 g/mol. The molecule has 33 heavy (non-hydrogen) atoms. The average molecular weight is 533 g/mol. The van der Waals surface area contributed by atoms with E-state index in [2.05, 4.69) is 26.6 Å². The zero-order chi connectivity index (χ0) is 23.9. The van der Waals surface area contributed by atoms with E-state index < -0.39 is 52.8 Å². The first-order valence-electron chi connectivity index (χ1n) is 10.7. The number of carbonyl (C=O) groups is 3. The molecule has 0 aliphatic carbocycles. The van der Waals surface area contributed by atoms with Crippen LogP contribution in [0, 0.1) is 11.8 Å². The Kier molecular flexibility index (Phi) is 5.03. The lowest BCUT2D eigenvalue weighted by molar-refractivity contribution is -0.148. The standard InChI is InChI=1S/C24H23BrClN3O4/c1-23(2,3)29-20(31)16-17(21(29)32)24(14-10-12(25)6-9-15(14)27-22(24)33)28-18(16)19(30)11-4-7-13(26)8-5-11/h4-10,16-19,28,30H,1-3H3,(H,27,33). The van der Waals surface area contributed by atoms with Crippen LogP contribution in [0.3, 0.4) is 0 Å². The number of halogens is 2. The van der Waals surface area contributed by atoms with Crippen LogP contribution in [0.2, 0.25) is 5.02 Å². The van der Waals surface area contributed by atoms with Crippen LogP contribution in [0.25, 0.3) is 0 Å². The molecule has 5 atom stereocenters. The third-order valence-corrected chi connectivity index (χ3v) is 7.58. The van der Waals surface area contributed by atoms with Gasteiger partial charge in [0.05, 0.1) is 24.0 Å². The van der Waals surface area contributed by atoms with Crippen LogP contribution in [0.15, 0.2) is 46.9 Å². The summed E-state index contributed by atoms with van der Waals surface area (Å²) in [5, 5.41) is 18.0. The van der Waals surface area contributed by atoms with E-state index in [1.807, 2.05) is 0 Å². The largest absolute Gasteiger partial charge is 0.387 e. The monoisotopic (exact) mass is 531 g/mol. The number of amides is 3. The third-order valence-electron chi connectivity index (χ3n) is 6.83. The van der Waals surface area contributed by atoms with Gasteiger partial charge in [-0.05, 0) is 56.7 Å². The second-order valence-electron chi connectivity index (χ2n) is 9.80. The number of nitrogens with zero attached hydrogens (tertiary/aromatic N) is 1. The molecule has 2 aromatic rings. The van der Waals surface area contributed by atoms with Gasteiger partial charge in [-0.25, -0.2) is 0 Å². The van der Waals surface area contributed by atoms with Crippen molar-refractivity contribution in [2.24, 2.45) is 11.8 Å². The number of aliphatic hydroxyl groups is 1. The van der Waals surface area contributed by atoms with Gasteiger partial charge in [0, 0.05) is 26.3 Å². The summed E-state index contributed by atoms with van der Waals surface area (Å²) in [6, 6.07) is 11.1. The Bertz CT molecular complexity index is 1200. The Labute approximate surface area is 204 Å². The van der Waals surface area contributed by atoms with Crippen LogP contribution in [0.1, 0.15) is 38.0 Å². The van der Waals surface area contributed by atoms with Crippen molar-refractivity contribution < 1.29 is 19.5 Å². The molecule has 5 rings (SSSR count). The van der Waals surface area contributed by atoms with Crippen molar-refractivity contribution in [1.29, 1.82) is 0 Å². The molecule has 0 aromatic heterocycles. The molecule has 9 heteroatoms. The highest BCUT2D eigenvalue weighted by atomic mass is 79.9. The fourth-order valence-corrected chi connectivity index (χ4v) is 5.99. The summed E-state index contributed by atoms with van der Waals surface area (Å²) < 4.78 is 0.738. The van der Waals surface area contributed by atoms with Crippen molar-refractivity contribution in [1.82, 2.24) is 10.2 Å². The van der Waals surface area contributed by atoms with Gasteiger partial charge in [0.25, 0.3) is 0 Å². The first-order chi connectivity index (χ1) is 15.5. The number of fused-ring (bicyclic) bond motifs is 4. The van der Waals surface area contributed by atoms with E-state index in [4.69, 9.17) is 11.6 Å². The van der Waals surface area contributed by atoms with E-state index in [-0.39, 0.29) is 0 Å². The summed E-state index contributed by atoms with van der Waals surface area (Å²) in [6.07, 6.45) is -1.14. The molecular formula is C24H23BrClN3O4. The number of rotatable bonds is 2. The molecule has 0 saturated carbocycles. The van der Waals surface area contributed by atoms with Gasteiger partial charge < -0.3 is 10.4 Å². The smallest absolute Gasteiger partial charge is 0.250 e. The normalized spacial score (nSPS) is 29.5. The summed E-state index contributed by atoms with van der Waals surface area (Å²) in [5.74, 6) is -3.13. The third kappa shape index (κ3) is 3.11. The summed E-state index contributed by atoms with van der Waals surface area (Å²) in [4.78, 5) is 42.2. The minimum Gasteiger partial charge on any atom is -0.387 e. The Balaban J connectivity index is 1.69. The van der Waals surface area contributed by atoms with Gasteiger partial charge in [0.15, 0.2) is 0 Å². The van der Waals surface area contributed by atoms with Gasteiger partial charge in [-0.2, -0.15) is 0 Å². The van der Waals surface area contributed by atoms with E-state index in [0.717, 1.165) is 4.47 Å². The number of hydrogen-bond donors (Lipinski definition) is 3. The molecule has 0 radical (unpaired) electrons. The number of benzene rings is 2. The Morgan fingerprint density at radius 1 is 1.09 bits per heavy atom. The topological polar surface area (TPSA) is 98.7 Å². The van der Waals surface area contributed by atoms with Gasteiger partial charge in [-0.15, -0.1) is 0 Å². The quantitative estimate of drug-likeness (QED) is 0.515. The summed E-state index contributed by atoms with van der Waals surface area (Å²) in [5.41, 5.74) is -0.556. The minimum atomic E-state index is -1.48. The van der Waals surface area contributed by atoms with E-state index >= 15 is 0 Å². The van der Waals surface area contributed by atoms with Gasteiger partial charge >= 0.3 is 0 Å². The van der Waals surface area contributed by atoms with Gasteiger partial charge in [-0.3, -0.25) is 24.6 Å². The first kappa shape index (κ1) is 22.5. The van der Waals surface area contributed by atoms with Crippen molar-refractivity contribution in [3.8, 4) is 0 Å². The lowest BCUT2D eigenvalue weighted by Crippen LogP contribution is -2.56. The number of likely N-dealkylation sites (tertiary alicyclic amines) is 1. The Morgan fingerprint density at radius 2 is 1.76 bits per heavy atom. The van der Waals surface area contributed by atoms with E-state index in [0.29, 0.717) is 21.8 Å². The molecule has 3 aliphatic rings. The maximum Gasteiger partial charge on any atom is 0.250 e. The molecule has 2 fully saturated rings. The molecule has 172 valence electrons. The number of nitrogens with one attached hydrogen (secondary N) is 2. The second-order valence-corrected chi connectivity index (χ2v) is 11.2.